The van der Waals surface area contributed by atoms with Crippen molar-refractivity contribution in [3.63, 3.8) is 0 Å². The van der Waals surface area contributed by atoms with E-state index in [0.29, 0.717) is 18.4 Å². The van der Waals surface area contributed by atoms with Gasteiger partial charge in [0.2, 0.25) is 5.91 Å². The van der Waals surface area contributed by atoms with Crippen molar-refractivity contribution in [2.45, 2.75) is 39.2 Å². The number of carbonyl (C=O) groups is 1. The van der Waals surface area contributed by atoms with Gasteiger partial charge in [0.25, 0.3) is 0 Å². The fraction of sp³-hybridized carbons (Fsp3) is 0.588. The lowest BCUT2D eigenvalue weighted by atomic mass is 9.99. The van der Waals surface area contributed by atoms with Gasteiger partial charge in [0.15, 0.2) is 0 Å². The molecule has 0 spiro atoms. The van der Waals surface area contributed by atoms with Gasteiger partial charge in [-0.15, -0.1) is 0 Å². The van der Waals surface area contributed by atoms with Crippen LogP contribution < -0.4 is 5.32 Å². The Kier molecular flexibility index (Phi) is 5.18. The summed E-state index contributed by atoms with van der Waals surface area (Å²) in [5.41, 5.74) is 1.39. The predicted octanol–water partition coefficient (Wildman–Crippen LogP) is 2.64. The second-order valence-electron chi connectivity index (χ2n) is 6.23. The molecule has 1 amide bonds. The quantitative estimate of drug-likeness (QED) is 0.895. The van der Waals surface area contributed by atoms with Crippen molar-refractivity contribution in [3.8, 4) is 0 Å². The fourth-order valence-corrected chi connectivity index (χ4v) is 2.64. The van der Waals surface area contributed by atoms with E-state index in [0.717, 1.165) is 19.5 Å². The number of amides is 1. The zero-order valence-corrected chi connectivity index (χ0v) is 12.8. The molecule has 1 N–H and O–H groups in total. The summed E-state index contributed by atoms with van der Waals surface area (Å²) in [5.74, 6) is 1.21. The Morgan fingerprint density at radius 1 is 1.30 bits per heavy atom. The zero-order valence-electron chi connectivity index (χ0n) is 12.8. The number of likely N-dealkylation sites (tertiary alicyclic amines) is 1. The fourth-order valence-electron chi connectivity index (χ4n) is 2.64. The molecule has 2 atom stereocenters. The maximum absolute atomic E-state index is 12.0. The smallest absolute Gasteiger partial charge is 0.234 e. The summed E-state index contributed by atoms with van der Waals surface area (Å²) in [6.07, 6.45) is 1.15. The third kappa shape index (κ3) is 4.07. The second kappa shape index (κ2) is 6.89. The average molecular weight is 274 g/mol. The van der Waals surface area contributed by atoms with Crippen molar-refractivity contribution >= 4 is 5.91 Å². The first kappa shape index (κ1) is 15.0. The second-order valence-corrected chi connectivity index (χ2v) is 6.23. The van der Waals surface area contributed by atoms with Crippen LogP contribution in [0.1, 0.15) is 38.7 Å². The van der Waals surface area contributed by atoms with Gasteiger partial charge in [-0.1, -0.05) is 44.2 Å². The molecule has 1 aliphatic rings. The molecule has 0 radical (unpaired) electrons. The minimum absolute atomic E-state index is 0.153. The van der Waals surface area contributed by atoms with Crippen LogP contribution in [0.5, 0.6) is 0 Å². The van der Waals surface area contributed by atoms with Crippen LogP contribution in [-0.2, 0) is 4.79 Å². The molecule has 0 saturated carbocycles. The Balaban J connectivity index is 1.80. The zero-order chi connectivity index (χ0) is 14.5. The SMILES string of the molecule is CC(C)[C@@H](C)NC(=O)CN1CC[C@@H](c2ccccc2)C1. The van der Waals surface area contributed by atoms with E-state index in [2.05, 4.69) is 61.3 Å². The molecule has 0 bridgehead atoms. The maximum atomic E-state index is 12.0. The number of hydrogen-bond donors (Lipinski definition) is 1. The van der Waals surface area contributed by atoms with Crippen LogP contribution in [0.2, 0.25) is 0 Å². The first-order valence-corrected chi connectivity index (χ1v) is 7.63. The van der Waals surface area contributed by atoms with Crippen LogP contribution >= 0.6 is 0 Å². The molecule has 20 heavy (non-hydrogen) atoms. The minimum Gasteiger partial charge on any atom is -0.352 e. The highest BCUT2D eigenvalue weighted by Crippen LogP contribution is 2.26. The van der Waals surface area contributed by atoms with Gasteiger partial charge in [0.05, 0.1) is 6.54 Å². The van der Waals surface area contributed by atoms with Crippen molar-refractivity contribution in [1.29, 1.82) is 0 Å². The highest BCUT2D eigenvalue weighted by Gasteiger charge is 2.25. The van der Waals surface area contributed by atoms with Crippen LogP contribution in [0, 0.1) is 5.92 Å². The Hall–Kier alpha value is -1.35. The number of hydrogen-bond acceptors (Lipinski definition) is 2. The lowest BCUT2D eigenvalue weighted by Gasteiger charge is -2.20. The highest BCUT2D eigenvalue weighted by atomic mass is 16.2. The lowest BCUT2D eigenvalue weighted by Crippen LogP contribution is -2.42. The molecule has 1 aromatic rings. The molecular formula is C17H26N2O. The highest BCUT2D eigenvalue weighted by molar-refractivity contribution is 5.78. The van der Waals surface area contributed by atoms with Crippen LogP contribution in [-0.4, -0.2) is 36.5 Å². The summed E-state index contributed by atoms with van der Waals surface area (Å²) in [4.78, 5) is 14.3. The van der Waals surface area contributed by atoms with E-state index in [9.17, 15) is 4.79 Å². The van der Waals surface area contributed by atoms with Crippen molar-refractivity contribution in [2.75, 3.05) is 19.6 Å². The Morgan fingerprint density at radius 3 is 2.65 bits per heavy atom. The van der Waals surface area contributed by atoms with Gasteiger partial charge >= 0.3 is 0 Å². The van der Waals surface area contributed by atoms with Crippen LogP contribution in [0.25, 0.3) is 0 Å². The standard InChI is InChI=1S/C17H26N2O/c1-13(2)14(3)18-17(20)12-19-10-9-16(11-19)15-7-5-4-6-8-15/h4-8,13-14,16H,9-12H2,1-3H3,(H,18,20)/t14-,16-/m1/s1. The summed E-state index contributed by atoms with van der Waals surface area (Å²) in [6, 6.07) is 10.9. The van der Waals surface area contributed by atoms with E-state index >= 15 is 0 Å². The number of rotatable bonds is 5. The molecule has 110 valence electrons. The molecule has 1 aliphatic heterocycles. The Labute approximate surface area is 122 Å². The molecule has 3 heteroatoms. The summed E-state index contributed by atoms with van der Waals surface area (Å²) in [6.45, 7) is 8.87. The van der Waals surface area contributed by atoms with E-state index in [1.54, 1.807) is 0 Å². The van der Waals surface area contributed by atoms with E-state index in [4.69, 9.17) is 0 Å². The predicted molar refractivity (Wildman–Crippen MR) is 82.7 cm³/mol. The molecule has 1 saturated heterocycles. The molecule has 0 aromatic heterocycles. The summed E-state index contributed by atoms with van der Waals surface area (Å²) >= 11 is 0. The number of nitrogens with one attached hydrogen (secondary N) is 1. The van der Waals surface area contributed by atoms with Crippen molar-refractivity contribution < 1.29 is 4.79 Å². The average Bonchev–Trinajstić information content (AvgIpc) is 2.88. The Bertz CT molecular complexity index is 430. The monoisotopic (exact) mass is 274 g/mol. The lowest BCUT2D eigenvalue weighted by molar-refractivity contribution is -0.122. The third-order valence-corrected chi connectivity index (χ3v) is 4.30. The van der Waals surface area contributed by atoms with Gasteiger partial charge in [-0.05, 0) is 37.3 Å². The largest absolute Gasteiger partial charge is 0.352 e. The normalized spacial score (nSPS) is 21.1. The van der Waals surface area contributed by atoms with E-state index in [-0.39, 0.29) is 11.9 Å². The van der Waals surface area contributed by atoms with Crippen LogP contribution in [0.3, 0.4) is 0 Å². The van der Waals surface area contributed by atoms with Gasteiger partial charge in [-0.3, -0.25) is 9.69 Å². The van der Waals surface area contributed by atoms with Crippen molar-refractivity contribution in [1.82, 2.24) is 10.2 Å². The molecule has 1 heterocycles. The summed E-state index contributed by atoms with van der Waals surface area (Å²) < 4.78 is 0. The topological polar surface area (TPSA) is 32.3 Å². The third-order valence-electron chi connectivity index (χ3n) is 4.30. The molecule has 0 aliphatic carbocycles. The van der Waals surface area contributed by atoms with E-state index < -0.39 is 0 Å². The van der Waals surface area contributed by atoms with Crippen LogP contribution in [0.4, 0.5) is 0 Å². The molecular weight excluding hydrogens is 248 g/mol. The van der Waals surface area contributed by atoms with E-state index in [1.165, 1.54) is 5.56 Å². The van der Waals surface area contributed by atoms with Crippen molar-refractivity contribution in [3.05, 3.63) is 35.9 Å². The van der Waals surface area contributed by atoms with Gasteiger partial charge in [0, 0.05) is 12.6 Å². The van der Waals surface area contributed by atoms with Gasteiger partial charge in [-0.2, -0.15) is 0 Å². The molecule has 2 rings (SSSR count). The minimum atomic E-state index is 0.153. The van der Waals surface area contributed by atoms with Gasteiger partial charge in [-0.25, -0.2) is 0 Å². The summed E-state index contributed by atoms with van der Waals surface area (Å²) in [5, 5.41) is 3.08. The maximum Gasteiger partial charge on any atom is 0.234 e. The first-order chi connectivity index (χ1) is 9.56. The molecule has 1 aromatic carbocycles. The number of carbonyl (C=O) groups excluding carboxylic acids is 1. The van der Waals surface area contributed by atoms with E-state index in [1.807, 2.05) is 0 Å². The molecule has 0 unspecified atom stereocenters. The first-order valence-electron chi connectivity index (χ1n) is 7.63. The number of benzene rings is 1. The molecule has 3 nitrogen and oxygen atoms in total. The van der Waals surface area contributed by atoms with Gasteiger partial charge < -0.3 is 5.32 Å². The summed E-state index contributed by atoms with van der Waals surface area (Å²) in [7, 11) is 0. The van der Waals surface area contributed by atoms with Gasteiger partial charge in [0.1, 0.15) is 0 Å². The van der Waals surface area contributed by atoms with Crippen LogP contribution in [0.15, 0.2) is 30.3 Å². The molecule has 1 fully saturated rings. The van der Waals surface area contributed by atoms with Crippen molar-refractivity contribution in [2.24, 2.45) is 5.92 Å². The number of nitrogens with zero attached hydrogens (tertiary/aromatic N) is 1. The Morgan fingerprint density at radius 2 is 2.00 bits per heavy atom.